The molecule has 0 radical (unpaired) electrons. The predicted octanol–water partition coefficient (Wildman–Crippen LogP) is 3.54. The number of aryl methyl sites for hydroxylation is 2. The third-order valence-corrected chi connectivity index (χ3v) is 2.93. The zero-order chi connectivity index (χ0) is 14.4. The number of hydrogen-bond acceptors (Lipinski definition) is 3. The highest BCUT2D eigenvalue weighted by Crippen LogP contribution is 2.12. The van der Waals surface area contributed by atoms with E-state index in [9.17, 15) is 4.79 Å². The van der Waals surface area contributed by atoms with Crippen molar-refractivity contribution in [2.24, 2.45) is 0 Å². The van der Waals surface area contributed by atoms with Crippen LogP contribution in [0, 0.1) is 13.8 Å². The highest BCUT2D eigenvalue weighted by molar-refractivity contribution is 5.91. The average Bonchev–Trinajstić information content (AvgIpc) is 2.44. The molecule has 3 heteroatoms. The van der Waals surface area contributed by atoms with Crippen LogP contribution in [-0.4, -0.2) is 19.2 Å². The molecule has 2 aromatic rings. The lowest BCUT2D eigenvalue weighted by Gasteiger charge is -2.09. The van der Waals surface area contributed by atoms with Gasteiger partial charge in [-0.2, -0.15) is 0 Å². The van der Waals surface area contributed by atoms with E-state index >= 15 is 0 Å². The van der Waals surface area contributed by atoms with Gasteiger partial charge < -0.3 is 9.47 Å². The number of ether oxygens (including phenoxy) is 2. The van der Waals surface area contributed by atoms with Crippen molar-refractivity contribution in [3.63, 3.8) is 0 Å². The van der Waals surface area contributed by atoms with E-state index in [1.54, 1.807) is 6.07 Å². The normalized spacial score (nSPS) is 10.1. The zero-order valence-electron chi connectivity index (χ0n) is 11.8. The molecule has 0 spiro atoms. The lowest BCUT2D eigenvalue weighted by Crippen LogP contribution is -2.13. The molecule has 0 N–H and O–H groups in total. The van der Waals surface area contributed by atoms with Crippen LogP contribution in [0.5, 0.6) is 5.75 Å². The summed E-state index contributed by atoms with van der Waals surface area (Å²) in [6, 6.07) is 15.1. The van der Waals surface area contributed by atoms with Gasteiger partial charge in [-0.1, -0.05) is 35.9 Å². The van der Waals surface area contributed by atoms with Crippen molar-refractivity contribution < 1.29 is 14.3 Å². The van der Waals surface area contributed by atoms with Gasteiger partial charge in [0.25, 0.3) is 0 Å². The Labute approximate surface area is 119 Å². The first kappa shape index (κ1) is 14.1. The summed E-state index contributed by atoms with van der Waals surface area (Å²) in [5.41, 5.74) is 2.67. The maximum Gasteiger partial charge on any atom is 0.338 e. The Morgan fingerprint density at radius 2 is 1.75 bits per heavy atom. The smallest absolute Gasteiger partial charge is 0.338 e. The Morgan fingerprint density at radius 1 is 1.00 bits per heavy atom. The van der Waals surface area contributed by atoms with Crippen LogP contribution < -0.4 is 4.74 Å². The van der Waals surface area contributed by atoms with Gasteiger partial charge in [-0.15, -0.1) is 0 Å². The topological polar surface area (TPSA) is 35.5 Å². The number of benzene rings is 2. The minimum Gasteiger partial charge on any atom is -0.490 e. The Bertz CT molecular complexity index is 576. The van der Waals surface area contributed by atoms with Gasteiger partial charge in [0.2, 0.25) is 0 Å². The van der Waals surface area contributed by atoms with Crippen LogP contribution in [0.4, 0.5) is 0 Å². The van der Waals surface area contributed by atoms with Crippen LogP contribution >= 0.6 is 0 Å². The first-order chi connectivity index (χ1) is 9.66. The molecule has 0 aliphatic carbocycles. The Balaban J connectivity index is 1.80. The molecule has 0 atom stereocenters. The van der Waals surface area contributed by atoms with Crippen molar-refractivity contribution in [2.75, 3.05) is 13.2 Å². The van der Waals surface area contributed by atoms with Gasteiger partial charge in [0.15, 0.2) is 0 Å². The zero-order valence-corrected chi connectivity index (χ0v) is 11.8. The van der Waals surface area contributed by atoms with Gasteiger partial charge in [0, 0.05) is 0 Å². The van der Waals surface area contributed by atoms with E-state index in [0.717, 1.165) is 16.9 Å². The molecule has 3 nitrogen and oxygen atoms in total. The van der Waals surface area contributed by atoms with Crippen molar-refractivity contribution in [3.05, 3.63) is 65.2 Å². The van der Waals surface area contributed by atoms with Crippen LogP contribution in [0.25, 0.3) is 0 Å². The van der Waals surface area contributed by atoms with E-state index in [1.165, 1.54) is 0 Å². The molecule has 0 fully saturated rings. The minimum absolute atomic E-state index is 0.237. The summed E-state index contributed by atoms with van der Waals surface area (Å²) < 4.78 is 10.7. The van der Waals surface area contributed by atoms with Crippen LogP contribution in [0.2, 0.25) is 0 Å². The van der Waals surface area contributed by atoms with Gasteiger partial charge in [0.05, 0.1) is 5.56 Å². The quantitative estimate of drug-likeness (QED) is 0.616. The van der Waals surface area contributed by atoms with E-state index in [-0.39, 0.29) is 12.6 Å². The number of hydrogen-bond donors (Lipinski definition) is 0. The van der Waals surface area contributed by atoms with E-state index in [4.69, 9.17) is 9.47 Å². The van der Waals surface area contributed by atoms with Crippen LogP contribution in [0.3, 0.4) is 0 Å². The van der Waals surface area contributed by atoms with E-state index in [1.807, 2.05) is 56.3 Å². The third-order valence-electron chi connectivity index (χ3n) is 2.93. The fourth-order valence-corrected chi connectivity index (χ4v) is 1.93. The molecular weight excluding hydrogens is 252 g/mol. The number of para-hydroxylation sites is 1. The highest BCUT2D eigenvalue weighted by atomic mass is 16.6. The molecule has 0 bridgehead atoms. The summed E-state index contributed by atoms with van der Waals surface area (Å²) in [6.45, 7) is 4.49. The predicted molar refractivity (Wildman–Crippen MR) is 78.1 cm³/mol. The van der Waals surface area contributed by atoms with E-state index < -0.39 is 0 Å². The second kappa shape index (κ2) is 6.75. The fraction of sp³-hybridized carbons (Fsp3) is 0.235. The summed E-state index contributed by atoms with van der Waals surface area (Å²) in [4.78, 5) is 11.9. The van der Waals surface area contributed by atoms with Crippen molar-refractivity contribution >= 4 is 5.97 Å². The molecule has 0 aromatic heterocycles. The molecule has 20 heavy (non-hydrogen) atoms. The molecule has 0 heterocycles. The minimum atomic E-state index is -0.306. The summed E-state index contributed by atoms with van der Waals surface area (Å²) in [5.74, 6) is 0.467. The summed E-state index contributed by atoms with van der Waals surface area (Å²) in [6.07, 6.45) is 0. The third kappa shape index (κ3) is 3.85. The Morgan fingerprint density at radius 3 is 2.45 bits per heavy atom. The number of carbonyl (C=O) groups is 1. The van der Waals surface area contributed by atoms with Gasteiger partial charge in [-0.25, -0.2) is 4.79 Å². The van der Waals surface area contributed by atoms with Crippen molar-refractivity contribution in [2.45, 2.75) is 13.8 Å². The largest absolute Gasteiger partial charge is 0.490 e. The van der Waals surface area contributed by atoms with Gasteiger partial charge in [-0.3, -0.25) is 0 Å². The van der Waals surface area contributed by atoms with Crippen molar-refractivity contribution in [1.29, 1.82) is 0 Å². The Kier molecular flexibility index (Phi) is 4.77. The lowest BCUT2D eigenvalue weighted by molar-refractivity contribution is 0.0449. The molecule has 2 rings (SSSR count). The maximum atomic E-state index is 11.9. The van der Waals surface area contributed by atoms with Crippen molar-refractivity contribution in [3.8, 4) is 5.75 Å². The second-order valence-corrected chi connectivity index (χ2v) is 4.62. The fourth-order valence-electron chi connectivity index (χ4n) is 1.93. The second-order valence-electron chi connectivity index (χ2n) is 4.62. The van der Waals surface area contributed by atoms with E-state index in [2.05, 4.69) is 0 Å². The number of carbonyl (C=O) groups excluding carboxylic acids is 1. The summed E-state index contributed by atoms with van der Waals surface area (Å²) in [5, 5.41) is 0. The average molecular weight is 270 g/mol. The van der Waals surface area contributed by atoms with Crippen LogP contribution in [0.15, 0.2) is 48.5 Å². The molecule has 0 saturated carbocycles. The van der Waals surface area contributed by atoms with Crippen LogP contribution in [-0.2, 0) is 4.74 Å². The molecule has 0 unspecified atom stereocenters. The molecule has 2 aromatic carbocycles. The molecule has 0 aliphatic rings. The molecular formula is C17H18O3. The summed E-state index contributed by atoms with van der Waals surface area (Å²) >= 11 is 0. The number of rotatable bonds is 5. The van der Waals surface area contributed by atoms with E-state index in [0.29, 0.717) is 12.2 Å². The SMILES string of the molecule is Cc1ccc(C(=O)OCCOc2ccccc2)c(C)c1. The van der Waals surface area contributed by atoms with Gasteiger partial charge >= 0.3 is 5.97 Å². The van der Waals surface area contributed by atoms with Gasteiger partial charge in [-0.05, 0) is 37.6 Å². The van der Waals surface area contributed by atoms with Crippen LogP contribution in [0.1, 0.15) is 21.5 Å². The molecule has 104 valence electrons. The monoisotopic (exact) mass is 270 g/mol. The first-order valence-corrected chi connectivity index (χ1v) is 6.59. The first-order valence-electron chi connectivity index (χ1n) is 6.59. The standard InChI is InChI=1S/C17H18O3/c1-13-8-9-16(14(2)12-13)17(18)20-11-10-19-15-6-4-3-5-7-15/h3-9,12H,10-11H2,1-2H3. The lowest BCUT2D eigenvalue weighted by atomic mass is 10.1. The summed E-state index contributed by atoms with van der Waals surface area (Å²) in [7, 11) is 0. The molecule has 0 saturated heterocycles. The molecule has 0 amide bonds. The Hall–Kier alpha value is -2.29. The van der Waals surface area contributed by atoms with Gasteiger partial charge in [0.1, 0.15) is 19.0 Å². The van der Waals surface area contributed by atoms with Crippen molar-refractivity contribution in [1.82, 2.24) is 0 Å². The number of esters is 1. The molecule has 0 aliphatic heterocycles. The maximum absolute atomic E-state index is 11.9. The highest BCUT2D eigenvalue weighted by Gasteiger charge is 2.10.